The van der Waals surface area contributed by atoms with E-state index in [0.29, 0.717) is 17.0 Å². The van der Waals surface area contributed by atoms with Gasteiger partial charge in [0.1, 0.15) is 5.82 Å². The molecule has 1 rings (SSSR count). The lowest BCUT2D eigenvalue weighted by molar-refractivity contribution is 0.603. The monoisotopic (exact) mass is 199 g/mol. The highest BCUT2D eigenvalue weighted by atomic mass is 35.5. The van der Waals surface area contributed by atoms with Crippen molar-refractivity contribution in [2.75, 3.05) is 0 Å². The Morgan fingerprint density at radius 1 is 1.62 bits per heavy atom. The second kappa shape index (κ2) is 4.40. The topological polar surface area (TPSA) is 26.0 Å². The predicted octanol–water partition coefficient (Wildman–Crippen LogP) is 2.53. The van der Waals surface area contributed by atoms with Crippen LogP contribution in [0.4, 0.5) is 4.39 Å². The Bertz CT molecular complexity index is 292. The Balaban J connectivity index is 2.93. The second-order valence-corrected chi connectivity index (χ2v) is 3.21. The van der Waals surface area contributed by atoms with Crippen LogP contribution in [0.15, 0.2) is 30.9 Å². The van der Waals surface area contributed by atoms with Crippen LogP contribution in [0, 0.1) is 5.82 Å². The summed E-state index contributed by atoms with van der Waals surface area (Å²) in [4.78, 5) is 0. The van der Waals surface area contributed by atoms with Crippen LogP contribution in [-0.4, -0.2) is 6.04 Å². The zero-order chi connectivity index (χ0) is 9.84. The van der Waals surface area contributed by atoms with E-state index in [2.05, 4.69) is 6.58 Å². The van der Waals surface area contributed by atoms with Gasteiger partial charge >= 0.3 is 0 Å². The molecule has 1 nitrogen and oxygen atoms in total. The van der Waals surface area contributed by atoms with Gasteiger partial charge in [-0.05, 0) is 18.6 Å². The first-order chi connectivity index (χ1) is 6.15. The minimum absolute atomic E-state index is 0.255. The maximum atomic E-state index is 13.2. The molecule has 0 saturated heterocycles. The number of benzene rings is 1. The number of rotatable bonds is 3. The first-order valence-electron chi connectivity index (χ1n) is 3.96. The third-order valence-electron chi connectivity index (χ3n) is 1.80. The summed E-state index contributed by atoms with van der Waals surface area (Å²) < 4.78 is 13.2. The minimum Gasteiger partial charge on any atom is -0.324 e. The molecule has 0 saturated carbocycles. The maximum Gasteiger partial charge on any atom is 0.127 e. The van der Waals surface area contributed by atoms with Gasteiger partial charge in [0.2, 0.25) is 0 Å². The maximum absolute atomic E-state index is 13.2. The van der Waals surface area contributed by atoms with Crippen LogP contribution < -0.4 is 5.73 Å². The fraction of sp³-hybridized carbons (Fsp3) is 0.200. The highest BCUT2D eigenvalue weighted by molar-refractivity contribution is 6.31. The SMILES string of the molecule is C=CC(N)Cc1c(F)cccc1Cl. The van der Waals surface area contributed by atoms with Crippen molar-refractivity contribution in [1.29, 1.82) is 0 Å². The Morgan fingerprint density at radius 2 is 2.31 bits per heavy atom. The summed E-state index contributed by atoms with van der Waals surface area (Å²) in [5.41, 5.74) is 6.05. The molecule has 0 amide bonds. The van der Waals surface area contributed by atoms with Crippen LogP contribution in [-0.2, 0) is 6.42 Å². The average Bonchev–Trinajstić information content (AvgIpc) is 2.11. The Morgan fingerprint density at radius 3 is 2.85 bits per heavy atom. The van der Waals surface area contributed by atoms with Gasteiger partial charge in [-0.2, -0.15) is 0 Å². The first kappa shape index (κ1) is 10.2. The summed E-state index contributed by atoms with van der Waals surface area (Å²) in [5.74, 6) is -0.315. The van der Waals surface area contributed by atoms with Gasteiger partial charge in [0, 0.05) is 16.6 Å². The lowest BCUT2D eigenvalue weighted by atomic mass is 10.1. The van der Waals surface area contributed by atoms with Crippen molar-refractivity contribution in [2.24, 2.45) is 5.73 Å². The van der Waals surface area contributed by atoms with E-state index in [9.17, 15) is 4.39 Å². The molecule has 1 atom stereocenters. The zero-order valence-electron chi connectivity index (χ0n) is 7.13. The highest BCUT2D eigenvalue weighted by Gasteiger charge is 2.08. The molecule has 0 radical (unpaired) electrons. The standard InChI is InChI=1S/C10H11ClFN/c1-2-7(13)6-8-9(11)4-3-5-10(8)12/h2-5,7H,1,6,13H2. The number of nitrogens with two attached hydrogens (primary N) is 1. The van der Waals surface area contributed by atoms with Crippen molar-refractivity contribution in [3.63, 3.8) is 0 Å². The second-order valence-electron chi connectivity index (χ2n) is 2.80. The van der Waals surface area contributed by atoms with E-state index in [0.717, 1.165) is 0 Å². The number of hydrogen-bond acceptors (Lipinski definition) is 1. The fourth-order valence-electron chi connectivity index (χ4n) is 1.05. The van der Waals surface area contributed by atoms with Gasteiger partial charge in [0.25, 0.3) is 0 Å². The van der Waals surface area contributed by atoms with E-state index in [1.54, 1.807) is 18.2 Å². The molecule has 0 aliphatic rings. The van der Waals surface area contributed by atoms with E-state index in [1.807, 2.05) is 0 Å². The molecule has 0 aliphatic carbocycles. The van der Waals surface area contributed by atoms with Gasteiger partial charge in [-0.15, -0.1) is 6.58 Å². The Labute approximate surface area is 82.0 Å². The molecule has 70 valence electrons. The van der Waals surface area contributed by atoms with Gasteiger partial charge < -0.3 is 5.73 Å². The minimum atomic E-state index is -0.315. The van der Waals surface area contributed by atoms with E-state index >= 15 is 0 Å². The van der Waals surface area contributed by atoms with Crippen LogP contribution in [0.1, 0.15) is 5.56 Å². The van der Waals surface area contributed by atoms with Crippen LogP contribution in [0.5, 0.6) is 0 Å². The molecule has 0 heterocycles. The van der Waals surface area contributed by atoms with Crippen molar-refractivity contribution >= 4 is 11.6 Å². The molecule has 0 fully saturated rings. The molecule has 1 unspecified atom stereocenters. The lowest BCUT2D eigenvalue weighted by Gasteiger charge is -2.08. The third-order valence-corrected chi connectivity index (χ3v) is 2.16. The van der Waals surface area contributed by atoms with Crippen molar-refractivity contribution in [3.8, 4) is 0 Å². The van der Waals surface area contributed by atoms with Gasteiger partial charge in [-0.3, -0.25) is 0 Å². The first-order valence-corrected chi connectivity index (χ1v) is 4.34. The van der Waals surface area contributed by atoms with Gasteiger partial charge in [-0.1, -0.05) is 23.7 Å². The molecule has 1 aromatic carbocycles. The number of hydrogen-bond donors (Lipinski definition) is 1. The normalized spacial score (nSPS) is 12.5. The van der Waals surface area contributed by atoms with Crippen molar-refractivity contribution in [1.82, 2.24) is 0 Å². The third kappa shape index (κ3) is 2.54. The highest BCUT2D eigenvalue weighted by Crippen LogP contribution is 2.20. The largest absolute Gasteiger partial charge is 0.324 e. The zero-order valence-corrected chi connectivity index (χ0v) is 7.89. The van der Waals surface area contributed by atoms with E-state index in [4.69, 9.17) is 17.3 Å². The van der Waals surface area contributed by atoms with Crippen LogP contribution in [0.2, 0.25) is 5.02 Å². The molecule has 0 spiro atoms. The van der Waals surface area contributed by atoms with Crippen molar-refractivity contribution in [3.05, 3.63) is 47.3 Å². The summed E-state index contributed by atoms with van der Waals surface area (Å²) in [6, 6.07) is 4.34. The smallest absolute Gasteiger partial charge is 0.127 e. The predicted molar refractivity (Wildman–Crippen MR) is 53.3 cm³/mol. The van der Waals surface area contributed by atoms with Crippen LogP contribution >= 0.6 is 11.6 Å². The van der Waals surface area contributed by atoms with E-state index in [-0.39, 0.29) is 11.9 Å². The quantitative estimate of drug-likeness (QED) is 0.744. The van der Waals surface area contributed by atoms with Crippen molar-refractivity contribution < 1.29 is 4.39 Å². The summed E-state index contributed by atoms with van der Waals surface area (Å²) in [7, 11) is 0. The summed E-state index contributed by atoms with van der Waals surface area (Å²) in [5, 5.41) is 0.414. The molecule has 3 heteroatoms. The molecular formula is C10H11ClFN. The molecule has 1 aromatic rings. The van der Waals surface area contributed by atoms with E-state index < -0.39 is 0 Å². The summed E-state index contributed by atoms with van der Waals surface area (Å²) in [6.45, 7) is 3.53. The Hall–Kier alpha value is -0.860. The molecule has 2 N–H and O–H groups in total. The molecule has 0 bridgehead atoms. The number of halogens is 2. The van der Waals surface area contributed by atoms with Gasteiger partial charge in [0.05, 0.1) is 0 Å². The molecule has 13 heavy (non-hydrogen) atoms. The fourth-order valence-corrected chi connectivity index (χ4v) is 1.29. The summed E-state index contributed by atoms with van der Waals surface area (Å²) in [6.07, 6.45) is 1.96. The van der Waals surface area contributed by atoms with Crippen LogP contribution in [0.25, 0.3) is 0 Å². The van der Waals surface area contributed by atoms with Gasteiger partial charge in [0.15, 0.2) is 0 Å². The van der Waals surface area contributed by atoms with Crippen LogP contribution in [0.3, 0.4) is 0 Å². The molecule has 0 aliphatic heterocycles. The average molecular weight is 200 g/mol. The molecule has 0 aromatic heterocycles. The molecular weight excluding hydrogens is 189 g/mol. The van der Waals surface area contributed by atoms with Gasteiger partial charge in [-0.25, -0.2) is 4.39 Å². The van der Waals surface area contributed by atoms with E-state index in [1.165, 1.54) is 6.07 Å². The van der Waals surface area contributed by atoms with Crippen molar-refractivity contribution in [2.45, 2.75) is 12.5 Å². The Kier molecular flexibility index (Phi) is 3.46. The lowest BCUT2D eigenvalue weighted by Crippen LogP contribution is -2.20. The summed E-state index contributed by atoms with van der Waals surface area (Å²) >= 11 is 5.80.